The minimum Gasteiger partial charge on any atom is -0.565 e. The molecule has 2 N–H and O–H groups in total. The van der Waals surface area contributed by atoms with Gasteiger partial charge in [-0.3, -0.25) is 30.1 Å². The van der Waals surface area contributed by atoms with E-state index in [2.05, 4.69) is 51.4 Å². The molecule has 1 heterocycles. The zero-order valence-corrected chi connectivity index (χ0v) is 24.1. The van der Waals surface area contributed by atoms with Crippen LogP contribution in [-0.2, 0) is 11.2 Å². The molecule has 0 saturated carbocycles. The molecule has 0 aliphatic rings. The maximum Gasteiger partial charge on any atom is 1.00 e. The molecule has 32 heavy (non-hydrogen) atoms. The first-order chi connectivity index (χ1) is 14.8. The van der Waals surface area contributed by atoms with Crippen LogP contribution in [0.1, 0.15) is 82.3 Å². The molecular weight excluding hydrogens is 423 g/mol. The average molecular weight is 461 g/mol. The number of hydrogen-bond donors (Lipinski definition) is 2. The summed E-state index contributed by atoms with van der Waals surface area (Å²) in [7, 11) is 0. The fourth-order valence-corrected chi connectivity index (χ4v) is 2.51. The maximum absolute atomic E-state index is 10.5. The van der Waals surface area contributed by atoms with E-state index >= 15 is 0 Å². The third-order valence-electron chi connectivity index (χ3n) is 4.06. The van der Waals surface area contributed by atoms with Crippen LogP contribution >= 0.6 is 0 Å². The molecule has 0 spiro atoms. The first-order valence-corrected chi connectivity index (χ1v) is 10.8. The Morgan fingerprint density at radius 1 is 1.12 bits per heavy atom. The number of aromatic amines is 1. The largest absolute Gasteiger partial charge is 1.00 e. The topological polar surface area (TPSA) is 66.0 Å². The van der Waals surface area contributed by atoms with E-state index in [0.717, 1.165) is 46.2 Å². The van der Waals surface area contributed by atoms with Crippen molar-refractivity contribution in [1.29, 1.82) is 0 Å². The van der Waals surface area contributed by atoms with E-state index in [-0.39, 0.29) is 62.7 Å². The molecule has 0 saturated heterocycles. The number of carbonyl (C=O) groups excluding carboxylic acids is 1. The van der Waals surface area contributed by atoms with E-state index < -0.39 is 0 Å². The van der Waals surface area contributed by atoms with Gasteiger partial charge in [0.05, 0.1) is 11.8 Å². The molecule has 0 fully saturated rings. The minimum absolute atomic E-state index is 0. The van der Waals surface area contributed by atoms with Crippen LogP contribution in [0.2, 0.25) is 0 Å². The molecule has 0 radical (unpaired) electrons. The van der Waals surface area contributed by atoms with Crippen LogP contribution in [0.15, 0.2) is 36.9 Å². The SMILES string of the molecule is C=C(C)c1ccc([CH2-])c([CH2-])c1.CC.CCC.CCCc1[nH]nc2cc(O)c([C-]=O)cc12.[K+]. The standard InChI is InChI=1S/C11H11N2O2.C11H12.C3H8.C2H6.K/c1-2-3-9-8-4-7(6-14)11(15)5-10(8)13-12-9;1-8(2)11-6-5-9(3)10(4)7-11;1-3-2;1-2;/h4-5,15H,2-3H2,1H3,(H,12,13);5-7H,1,3-4H2,2H3;3H2,1-2H3;1-2H3;/q-1;-2;;;+1. The first kappa shape index (κ1) is 32.7. The van der Waals surface area contributed by atoms with Crippen molar-refractivity contribution < 1.29 is 61.3 Å². The number of benzene rings is 2. The number of phenolic OH excluding ortho intramolecular Hbond substituents is 1. The van der Waals surface area contributed by atoms with Gasteiger partial charge in [-0.1, -0.05) is 59.6 Å². The van der Waals surface area contributed by atoms with Gasteiger partial charge in [0.25, 0.3) is 0 Å². The van der Waals surface area contributed by atoms with Crippen molar-refractivity contribution >= 4 is 22.8 Å². The second kappa shape index (κ2) is 18.0. The van der Waals surface area contributed by atoms with Crippen molar-refractivity contribution in [1.82, 2.24) is 10.2 Å². The summed E-state index contributed by atoms with van der Waals surface area (Å²) in [6.45, 7) is 23.8. The number of nitrogens with zero attached hydrogens (tertiary/aromatic N) is 1. The van der Waals surface area contributed by atoms with Gasteiger partial charge in [-0.15, -0.1) is 23.3 Å². The number of aromatic nitrogens is 2. The van der Waals surface area contributed by atoms with Gasteiger partial charge in [0, 0.05) is 11.4 Å². The molecule has 1 aromatic heterocycles. The van der Waals surface area contributed by atoms with Gasteiger partial charge in [0.1, 0.15) is 0 Å². The molecule has 5 heteroatoms. The Bertz CT molecular complexity index is 962. The van der Waals surface area contributed by atoms with Crippen LogP contribution in [0.3, 0.4) is 0 Å². The predicted molar refractivity (Wildman–Crippen MR) is 134 cm³/mol. The maximum atomic E-state index is 10.5. The smallest absolute Gasteiger partial charge is 0.565 e. The first-order valence-electron chi connectivity index (χ1n) is 10.8. The fourth-order valence-electron chi connectivity index (χ4n) is 2.51. The van der Waals surface area contributed by atoms with Crippen molar-refractivity contribution in [2.24, 2.45) is 0 Å². The second-order valence-corrected chi connectivity index (χ2v) is 6.91. The number of fused-ring (bicyclic) bond motifs is 1. The van der Waals surface area contributed by atoms with E-state index in [4.69, 9.17) is 0 Å². The molecule has 0 amide bonds. The molecule has 0 unspecified atom stereocenters. The van der Waals surface area contributed by atoms with E-state index in [1.165, 1.54) is 12.5 Å². The summed E-state index contributed by atoms with van der Waals surface area (Å²) >= 11 is 0. The molecule has 0 aliphatic heterocycles. The van der Waals surface area contributed by atoms with Crippen LogP contribution < -0.4 is 51.4 Å². The van der Waals surface area contributed by atoms with Gasteiger partial charge < -0.3 is 9.90 Å². The van der Waals surface area contributed by atoms with Crippen LogP contribution in [0, 0.1) is 13.8 Å². The predicted octanol–water partition coefficient (Wildman–Crippen LogP) is 4.21. The van der Waals surface area contributed by atoms with E-state index in [1.54, 1.807) is 12.4 Å². The monoisotopic (exact) mass is 460 g/mol. The van der Waals surface area contributed by atoms with Gasteiger partial charge >= 0.3 is 51.4 Å². The van der Waals surface area contributed by atoms with Gasteiger partial charge in [-0.05, 0) is 24.8 Å². The van der Waals surface area contributed by atoms with Crippen molar-refractivity contribution in [2.75, 3.05) is 0 Å². The molecule has 3 rings (SSSR count). The summed E-state index contributed by atoms with van der Waals surface area (Å²) in [6, 6.07) is 9.08. The Kier molecular flexibility index (Phi) is 18.4. The summed E-state index contributed by atoms with van der Waals surface area (Å²) in [5.74, 6) is -0.0768. The molecule has 170 valence electrons. The number of rotatable bonds is 4. The van der Waals surface area contributed by atoms with E-state index in [9.17, 15) is 9.90 Å². The summed E-state index contributed by atoms with van der Waals surface area (Å²) in [5, 5.41) is 17.3. The summed E-state index contributed by atoms with van der Waals surface area (Å²) in [5.41, 5.74) is 6.01. The molecule has 2 aromatic carbocycles. The van der Waals surface area contributed by atoms with Gasteiger partial charge in [0.2, 0.25) is 0 Å². The van der Waals surface area contributed by atoms with Gasteiger partial charge in [-0.25, -0.2) is 12.1 Å². The number of phenols is 1. The van der Waals surface area contributed by atoms with Crippen molar-refractivity contribution in [2.45, 2.75) is 60.8 Å². The number of nitrogens with one attached hydrogen (secondary N) is 1. The quantitative estimate of drug-likeness (QED) is 0.453. The Morgan fingerprint density at radius 3 is 2.19 bits per heavy atom. The third-order valence-corrected chi connectivity index (χ3v) is 4.06. The minimum atomic E-state index is -0.0768. The van der Waals surface area contributed by atoms with Crippen molar-refractivity contribution in [3.05, 3.63) is 78.7 Å². The number of aryl methyl sites for hydroxylation is 1. The van der Waals surface area contributed by atoms with E-state index in [1.807, 2.05) is 39.0 Å². The Hall–Kier alpha value is -1.50. The normalized spacial score (nSPS) is 9.06. The fraction of sp³-hybridized carbons (Fsp3) is 0.333. The Labute approximate surface area is 237 Å². The molecule has 0 atom stereocenters. The summed E-state index contributed by atoms with van der Waals surface area (Å²) < 4.78 is 0. The zero-order chi connectivity index (χ0) is 24.0. The summed E-state index contributed by atoms with van der Waals surface area (Å²) in [6.07, 6.45) is 4.83. The van der Waals surface area contributed by atoms with Gasteiger partial charge in [-0.2, -0.15) is 5.10 Å². The Morgan fingerprint density at radius 2 is 1.72 bits per heavy atom. The molecule has 0 aliphatic carbocycles. The van der Waals surface area contributed by atoms with Crippen molar-refractivity contribution in [3.63, 3.8) is 0 Å². The molecule has 3 aromatic rings. The molecule has 4 nitrogen and oxygen atoms in total. The third kappa shape index (κ3) is 10.4. The average Bonchev–Trinajstić information content (AvgIpc) is 3.13. The molecular formula is C27H37KN2O2-2. The number of allylic oxidation sites excluding steroid dienone is 1. The molecule has 0 bridgehead atoms. The van der Waals surface area contributed by atoms with Crippen LogP contribution in [0.25, 0.3) is 16.5 Å². The van der Waals surface area contributed by atoms with Crippen LogP contribution in [0.5, 0.6) is 5.75 Å². The second-order valence-electron chi connectivity index (χ2n) is 6.91. The number of hydrogen-bond acceptors (Lipinski definition) is 3. The van der Waals surface area contributed by atoms with E-state index in [0.29, 0.717) is 5.52 Å². The Balaban J connectivity index is 0. The summed E-state index contributed by atoms with van der Waals surface area (Å²) in [4.78, 5) is 10.5. The number of H-pyrrole nitrogens is 1. The van der Waals surface area contributed by atoms with Gasteiger partial charge in [0.15, 0.2) is 0 Å². The van der Waals surface area contributed by atoms with Crippen molar-refractivity contribution in [3.8, 4) is 5.75 Å². The zero-order valence-electron chi connectivity index (χ0n) is 20.9. The van der Waals surface area contributed by atoms with Crippen LogP contribution in [-0.4, -0.2) is 21.6 Å². The van der Waals surface area contributed by atoms with Crippen LogP contribution in [0.4, 0.5) is 0 Å². The number of aromatic hydroxyl groups is 1.